The average Bonchev–Trinajstić information content (AvgIpc) is 3.16. The summed E-state index contributed by atoms with van der Waals surface area (Å²) < 4.78 is 4.94. The molecule has 7 nitrogen and oxygen atoms in total. The van der Waals surface area contributed by atoms with Crippen molar-refractivity contribution in [1.82, 2.24) is 9.80 Å². The van der Waals surface area contributed by atoms with Gasteiger partial charge in [-0.2, -0.15) is 0 Å². The predicted octanol–water partition coefficient (Wildman–Crippen LogP) is 1.84. The quantitative estimate of drug-likeness (QED) is 0.397. The summed E-state index contributed by atoms with van der Waals surface area (Å²) in [6, 6.07) is -0.417. The van der Waals surface area contributed by atoms with Gasteiger partial charge in [0.1, 0.15) is 11.8 Å². The van der Waals surface area contributed by atoms with Crippen LogP contribution in [0.4, 0.5) is 4.79 Å². The number of likely N-dealkylation sites (N-methyl/N-ethyl adjacent to an activating group) is 1. The number of rotatable bonds is 7. The number of esters is 1. The van der Waals surface area contributed by atoms with Gasteiger partial charge in [-0.25, -0.2) is 4.79 Å². The van der Waals surface area contributed by atoms with Crippen molar-refractivity contribution in [2.75, 3.05) is 20.7 Å². The van der Waals surface area contributed by atoms with Gasteiger partial charge in [0.2, 0.25) is 0 Å². The largest absolute Gasteiger partial charge is 0.469 e. The van der Waals surface area contributed by atoms with Crippen molar-refractivity contribution in [2.45, 2.75) is 51.5 Å². The molecule has 2 fully saturated rings. The Balaban J connectivity index is 2.28. The third kappa shape index (κ3) is 3.55. The maximum Gasteiger partial charge on any atom is 0.327 e. The maximum absolute atomic E-state index is 12.6. The molecule has 7 heteroatoms. The topological polar surface area (TPSA) is 84.0 Å². The monoisotopic (exact) mass is 352 g/mol. The molecule has 140 valence electrons. The van der Waals surface area contributed by atoms with Gasteiger partial charge < -0.3 is 14.4 Å². The molecule has 3 amide bonds. The minimum absolute atomic E-state index is 0.0346. The van der Waals surface area contributed by atoms with E-state index < -0.39 is 23.5 Å². The third-order valence-electron chi connectivity index (χ3n) is 5.90. The van der Waals surface area contributed by atoms with Gasteiger partial charge in [0.15, 0.2) is 0 Å². The Hall–Kier alpha value is -1.92. The van der Waals surface area contributed by atoms with Crippen LogP contribution in [0.2, 0.25) is 0 Å². The van der Waals surface area contributed by atoms with Crippen LogP contribution in [0.3, 0.4) is 0 Å². The van der Waals surface area contributed by atoms with E-state index in [1.54, 1.807) is 20.9 Å². The lowest BCUT2D eigenvalue weighted by atomic mass is 9.78. The number of methoxy groups -OCH3 is 1. The molecule has 0 aromatic carbocycles. The zero-order valence-corrected chi connectivity index (χ0v) is 15.5. The first-order valence-electron chi connectivity index (χ1n) is 8.86. The summed E-state index contributed by atoms with van der Waals surface area (Å²) in [5, 5.41) is 0. The van der Waals surface area contributed by atoms with E-state index in [-0.39, 0.29) is 30.7 Å². The molecule has 0 aromatic rings. The maximum atomic E-state index is 12.6. The summed E-state index contributed by atoms with van der Waals surface area (Å²) in [4.78, 5) is 51.3. The molecule has 0 spiro atoms. The normalized spacial score (nSPS) is 23.0. The van der Waals surface area contributed by atoms with Gasteiger partial charge in [-0.15, -0.1) is 0 Å². The summed E-state index contributed by atoms with van der Waals surface area (Å²) in [5.41, 5.74) is -0.939. The van der Waals surface area contributed by atoms with E-state index >= 15 is 0 Å². The molecule has 0 radical (unpaired) electrons. The fourth-order valence-electron chi connectivity index (χ4n) is 4.06. The molecule has 1 saturated heterocycles. The highest BCUT2D eigenvalue weighted by Crippen LogP contribution is 2.38. The zero-order valence-electron chi connectivity index (χ0n) is 15.5. The molecule has 2 aliphatic rings. The first-order valence-corrected chi connectivity index (χ1v) is 8.86. The fraction of sp³-hybridized carbons (Fsp3) is 0.778. The Morgan fingerprint density at radius 1 is 1.32 bits per heavy atom. The number of ether oxygens (including phenoxy) is 1. The summed E-state index contributed by atoms with van der Waals surface area (Å²) in [5.74, 6) is -1.43. The van der Waals surface area contributed by atoms with Crippen molar-refractivity contribution in [3.8, 4) is 0 Å². The molecule has 1 unspecified atom stereocenters. The van der Waals surface area contributed by atoms with Crippen LogP contribution in [0, 0.1) is 17.8 Å². The van der Waals surface area contributed by atoms with Gasteiger partial charge in [-0.05, 0) is 25.7 Å². The molecule has 1 heterocycles. The molecule has 1 aliphatic carbocycles. The number of nitrogens with zero attached hydrogens (tertiary/aromatic N) is 2. The minimum Gasteiger partial charge on any atom is -0.469 e. The second-order valence-electron chi connectivity index (χ2n) is 7.56. The van der Waals surface area contributed by atoms with E-state index in [4.69, 9.17) is 4.74 Å². The lowest BCUT2D eigenvalue weighted by Crippen LogP contribution is -2.44. The Labute approximate surface area is 148 Å². The molecule has 2 rings (SSSR count). The molecule has 1 saturated carbocycles. The van der Waals surface area contributed by atoms with Crippen LogP contribution in [0.5, 0.6) is 0 Å². The van der Waals surface area contributed by atoms with Crippen molar-refractivity contribution < 1.29 is 23.9 Å². The van der Waals surface area contributed by atoms with Crippen LogP contribution in [0.25, 0.3) is 0 Å². The van der Waals surface area contributed by atoms with Gasteiger partial charge in [0.25, 0.3) is 5.91 Å². The number of hydrogen-bond acceptors (Lipinski definition) is 5. The number of amides is 3. The molecule has 1 aliphatic heterocycles. The van der Waals surface area contributed by atoms with Crippen LogP contribution in [0.15, 0.2) is 0 Å². The highest BCUT2D eigenvalue weighted by Gasteiger charge is 2.51. The highest BCUT2D eigenvalue weighted by atomic mass is 16.5. The number of imide groups is 1. The Morgan fingerprint density at radius 2 is 1.92 bits per heavy atom. The Morgan fingerprint density at radius 3 is 2.36 bits per heavy atom. The van der Waals surface area contributed by atoms with Gasteiger partial charge >= 0.3 is 12.0 Å². The van der Waals surface area contributed by atoms with E-state index in [9.17, 15) is 19.2 Å². The fourth-order valence-corrected chi connectivity index (χ4v) is 4.06. The lowest BCUT2D eigenvalue weighted by Gasteiger charge is -2.31. The van der Waals surface area contributed by atoms with Crippen LogP contribution in [0.1, 0.15) is 46.0 Å². The van der Waals surface area contributed by atoms with Crippen LogP contribution in [-0.4, -0.2) is 60.2 Å². The van der Waals surface area contributed by atoms with Gasteiger partial charge in [0, 0.05) is 20.0 Å². The molecular formula is C18H28N2O5. The zero-order chi connectivity index (χ0) is 18.8. The van der Waals surface area contributed by atoms with E-state index in [1.807, 2.05) is 0 Å². The number of carbonyl (C=O) groups excluding carboxylic acids is 4. The van der Waals surface area contributed by atoms with Crippen molar-refractivity contribution >= 4 is 24.2 Å². The molecule has 2 atom stereocenters. The van der Waals surface area contributed by atoms with Crippen LogP contribution in [-0.2, 0) is 19.1 Å². The number of carbonyl (C=O) groups is 4. The SMILES string of the molecule is COC(=O)[C@@H](CN1C(=O)N(C)C(C)(C)C1=O)C(CC=O)C1CCCC1. The standard InChI is InChI=1S/C18H28N2O5/c1-18(2)16(23)20(17(24)19(18)3)11-14(15(22)25-4)13(9-10-21)12-7-5-6-8-12/h10,12-14H,5-9,11H2,1-4H3/t13?,14-/m0/s1. The Bertz CT molecular complexity index is 554. The number of aldehydes is 1. The minimum atomic E-state index is -0.939. The van der Waals surface area contributed by atoms with Crippen molar-refractivity contribution in [1.29, 1.82) is 0 Å². The second-order valence-corrected chi connectivity index (χ2v) is 7.56. The van der Waals surface area contributed by atoms with Gasteiger partial charge in [-0.3, -0.25) is 14.5 Å². The van der Waals surface area contributed by atoms with Gasteiger partial charge in [-0.1, -0.05) is 25.7 Å². The first-order chi connectivity index (χ1) is 11.8. The second kappa shape index (κ2) is 7.54. The molecule has 0 N–H and O–H groups in total. The van der Waals surface area contributed by atoms with E-state index in [0.717, 1.165) is 36.9 Å². The third-order valence-corrected chi connectivity index (χ3v) is 5.90. The van der Waals surface area contributed by atoms with E-state index in [0.29, 0.717) is 0 Å². The smallest absolute Gasteiger partial charge is 0.327 e. The summed E-state index contributed by atoms with van der Waals surface area (Å²) in [6.07, 6.45) is 5.12. The summed E-state index contributed by atoms with van der Waals surface area (Å²) >= 11 is 0. The number of hydrogen-bond donors (Lipinski definition) is 0. The van der Waals surface area contributed by atoms with Crippen LogP contribution >= 0.6 is 0 Å². The van der Waals surface area contributed by atoms with Crippen molar-refractivity contribution in [3.63, 3.8) is 0 Å². The first kappa shape index (κ1) is 19.4. The average molecular weight is 352 g/mol. The highest BCUT2D eigenvalue weighted by molar-refractivity contribution is 6.06. The van der Waals surface area contributed by atoms with Crippen molar-refractivity contribution in [2.24, 2.45) is 17.8 Å². The molecule has 0 bridgehead atoms. The predicted molar refractivity (Wildman–Crippen MR) is 90.6 cm³/mol. The van der Waals surface area contributed by atoms with Crippen LogP contribution < -0.4 is 0 Å². The molecule has 0 aromatic heterocycles. The van der Waals surface area contributed by atoms with Gasteiger partial charge in [0.05, 0.1) is 13.0 Å². The molecule has 25 heavy (non-hydrogen) atoms. The Kier molecular flexibility index (Phi) is 5.85. The van der Waals surface area contributed by atoms with E-state index in [2.05, 4.69) is 0 Å². The van der Waals surface area contributed by atoms with Crippen molar-refractivity contribution in [3.05, 3.63) is 0 Å². The molecular weight excluding hydrogens is 324 g/mol. The summed E-state index contributed by atoms with van der Waals surface area (Å²) in [6.45, 7) is 3.33. The van der Waals surface area contributed by atoms with E-state index in [1.165, 1.54) is 12.0 Å². The lowest BCUT2D eigenvalue weighted by molar-refractivity contribution is -0.149. The number of urea groups is 1. The summed E-state index contributed by atoms with van der Waals surface area (Å²) in [7, 11) is 2.87.